The Morgan fingerprint density at radius 1 is 1.26 bits per heavy atom. The monoisotopic (exact) mass is 493 g/mol. The number of amides is 1. The third-order valence-electron chi connectivity index (χ3n) is 5.79. The summed E-state index contributed by atoms with van der Waals surface area (Å²) in [5.41, 5.74) is 4.23. The molecule has 3 N–H and O–H groups in total. The van der Waals surface area contributed by atoms with Crippen molar-refractivity contribution in [1.29, 1.82) is 0 Å². The van der Waals surface area contributed by atoms with E-state index in [9.17, 15) is 9.90 Å². The van der Waals surface area contributed by atoms with Crippen LogP contribution in [0, 0.1) is 6.92 Å². The van der Waals surface area contributed by atoms with Crippen molar-refractivity contribution in [2.45, 2.75) is 45.8 Å². The van der Waals surface area contributed by atoms with Gasteiger partial charge in [-0.1, -0.05) is 0 Å². The molecule has 0 radical (unpaired) electrons. The average Bonchev–Trinajstić information content (AvgIpc) is 3.44. The topological polar surface area (TPSA) is 129 Å². The van der Waals surface area contributed by atoms with Crippen molar-refractivity contribution >= 4 is 45.9 Å². The fourth-order valence-electron chi connectivity index (χ4n) is 4.13. The lowest BCUT2D eigenvalue weighted by molar-refractivity contribution is 0.0468. The fraction of sp³-hybridized carbons (Fsp3) is 0.375. The van der Waals surface area contributed by atoms with Crippen LogP contribution in [-0.4, -0.2) is 59.9 Å². The lowest BCUT2D eigenvalue weighted by Gasteiger charge is -2.29. The van der Waals surface area contributed by atoms with E-state index in [2.05, 4.69) is 29.3 Å². The molecule has 1 amide bonds. The Kier molecular flexibility index (Phi) is 6.35. The van der Waals surface area contributed by atoms with E-state index in [1.54, 1.807) is 18.0 Å². The Labute approximate surface area is 206 Å². The predicted molar refractivity (Wildman–Crippen MR) is 135 cm³/mol. The number of hydrogen-bond donors (Lipinski definition) is 3. The minimum Gasteiger partial charge on any atom is -0.440 e. The summed E-state index contributed by atoms with van der Waals surface area (Å²) in [6, 6.07) is 7.81. The molecule has 10 nitrogen and oxygen atoms in total. The van der Waals surface area contributed by atoms with E-state index in [4.69, 9.17) is 4.42 Å². The predicted octanol–water partition coefficient (Wildman–Crippen LogP) is 4.21. The van der Waals surface area contributed by atoms with Crippen LogP contribution in [0.2, 0.25) is 0 Å². The summed E-state index contributed by atoms with van der Waals surface area (Å²) in [6.45, 7) is 6.72. The van der Waals surface area contributed by atoms with Gasteiger partial charge in [-0.25, -0.2) is 9.97 Å². The molecule has 0 aliphatic carbocycles. The number of benzene rings is 1. The molecule has 0 bridgehead atoms. The van der Waals surface area contributed by atoms with Crippen LogP contribution in [0.15, 0.2) is 34.9 Å². The number of anilines is 3. The number of carbonyl (C=O) groups excluding carboxylic acids is 1. The van der Waals surface area contributed by atoms with Crippen molar-refractivity contribution in [2.75, 3.05) is 23.7 Å². The standard InChI is InChI=1S/C24H27N7O3S/c1-13(2)26-19-10-21(27-15-6-7-18-20(9-15)30-35-29-18)25-11-17(19)23-28-22(14(3)34-23)24(33)31-8-4-5-16(32)12-31/h6-7,9-11,13,16,32H,4-5,8,12H2,1-3H3,(H2,25,26,27). The molecule has 182 valence electrons. The van der Waals surface area contributed by atoms with Crippen LogP contribution in [0.5, 0.6) is 0 Å². The van der Waals surface area contributed by atoms with Gasteiger partial charge in [0, 0.05) is 37.1 Å². The highest BCUT2D eigenvalue weighted by molar-refractivity contribution is 7.00. The summed E-state index contributed by atoms with van der Waals surface area (Å²) in [7, 11) is 0. The summed E-state index contributed by atoms with van der Waals surface area (Å²) in [4.78, 5) is 23.8. The first kappa shape index (κ1) is 23.2. The van der Waals surface area contributed by atoms with Crippen molar-refractivity contribution < 1.29 is 14.3 Å². The SMILES string of the molecule is Cc1oc(-c2cnc(Nc3ccc4nsnc4c3)cc2NC(C)C)nc1C(=O)N1CCCC(O)C1. The molecular weight excluding hydrogens is 466 g/mol. The Morgan fingerprint density at radius 3 is 2.89 bits per heavy atom. The maximum atomic E-state index is 13.0. The maximum absolute atomic E-state index is 13.0. The highest BCUT2D eigenvalue weighted by atomic mass is 32.1. The first-order valence-electron chi connectivity index (χ1n) is 11.6. The molecule has 0 saturated carbocycles. The van der Waals surface area contributed by atoms with Crippen molar-refractivity contribution in [3.63, 3.8) is 0 Å². The molecule has 35 heavy (non-hydrogen) atoms. The lowest BCUT2D eigenvalue weighted by atomic mass is 10.1. The van der Waals surface area contributed by atoms with Crippen molar-refractivity contribution in [3.8, 4) is 11.5 Å². The molecule has 1 aromatic carbocycles. The summed E-state index contributed by atoms with van der Waals surface area (Å²) in [5, 5.41) is 16.7. The van der Waals surface area contributed by atoms with Gasteiger partial charge in [0.2, 0.25) is 5.89 Å². The number of fused-ring (bicyclic) bond motifs is 1. The van der Waals surface area contributed by atoms with E-state index >= 15 is 0 Å². The smallest absolute Gasteiger partial charge is 0.276 e. The first-order chi connectivity index (χ1) is 16.9. The van der Waals surface area contributed by atoms with Gasteiger partial charge in [-0.05, 0) is 51.8 Å². The summed E-state index contributed by atoms with van der Waals surface area (Å²) >= 11 is 1.18. The van der Waals surface area contributed by atoms with Gasteiger partial charge in [0.05, 0.1) is 29.1 Å². The average molecular weight is 494 g/mol. The second-order valence-corrected chi connectivity index (χ2v) is 9.51. The van der Waals surface area contributed by atoms with Crippen molar-refractivity contribution in [2.24, 2.45) is 0 Å². The van der Waals surface area contributed by atoms with Crippen LogP contribution in [0.4, 0.5) is 17.2 Å². The fourth-order valence-corrected chi connectivity index (χ4v) is 4.65. The van der Waals surface area contributed by atoms with Crippen LogP contribution in [0.25, 0.3) is 22.5 Å². The third kappa shape index (κ3) is 4.96. The number of aliphatic hydroxyl groups is 1. The molecule has 4 aromatic rings. The largest absolute Gasteiger partial charge is 0.440 e. The Bertz CT molecular complexity index is 1370. The number of hydrogen-bond acceptors (Lipinski definition) is 10. The second kappa shape index (κ2) is 9.59. The second-order valence-electron chi connectivity index (χ2n) is 8.98. The van der Waals surface area contributed by atoms with E-state index in [1.165, 1.54) is 11.7 Å². The number of nitrogens with zero attached hydrogens (tertiary/aromatic N) is 5. The number of piperidine rings is 1. The van der Waals surface area contributed by atoms with Gasteiger partial charge in [0.1, 0.15) is 22.6 Å². The summed E-state index contributed by atoms with van der Waals surface area (Å²) < 4.78 is 14.4. The van der Waals surface area contributed by atoms with Gasteiger partial charge in [0.25, 0.3) is 5.91 Å². The van der Waals surface area contributed by atoms with Gasteiger partial charge in [-0.15, -0.1) is 0 Å². The first-order valence-corrected chi connectivity index (χ1v) is 12.3. The number of rotatable bonds is 6. The number of aromatic nitrogens is 4. The number of nitrogens with one attached hydrogen (secondary N) is 2. The highest BCUT2D eigenvalue weighted by Gasteiger charge is 2.28. The van der Waals surface area contributed by atoms with Gasteiger partial charge in [0.15, 0.2) is 5.69 Å². The zero-order valence-electron chi connectivity index (χ0n) is 19.8. The molecule has 1 unspecified atom stereocenters. The quantitative estimate of drug-likeness (QED) is 0.362. The van der Waals surface area contributed by atoms with E-state index in [-0.39, 0.29) is 17.6 Å². The number of β-amino-alcohol motifs (C(OH)–C–C–N with tert-alkyl or cyclic N) is 1. The van der Waals surface area contributed by atoms with Crippen LogP contribution >= 0.6 is 11.7 Å². The van der Waals surface area contributed by atoms with Gasteiger partial charge in [-0.2, -0.15) is 8.75 Å². The number of oxazole rings is 1. The van der Waals surface area contributed by atoms with E-state index < -0.39 is 6.10 Å². The summed E-state index contributed by atoms with van der Waals surface area (Å²) in [5.74, 6) is 1.17. The Balaban J connectivity index is 1.43. The molecule has 1 aliphatic heterocycles. The van der Waals surface area contributed by atoms with E-state index in [0.29, 0.717) is 42.5 Å². The number of carbonyl (C=O) groups is 1. The number of pyridine rings is 1. The van der Waals surface area contributed by atoms with Crippen LogP contribution in [-0.2, 0) is 0 Å². The zero-order valence-corrected chi connectivity index (χ0v) is 20.6. The minimum atomic E-state index is -0.502. The molecule has 4 heterocycles. The minimum absolute atomic E-state index is 0.147. The molecule has 1 atom stereocenters. The highest BCUT2D eigenvalue weighted by Crippen LogP contribution is 2.32. The van der Waals surface area contributed by atoms with E-state index in [0.717, 1.165) is 28.8 Å². The lowest BCUT2D eigenvalue weighted by Crippen LogP contribution is -2.42. The zero-order chi connectivity index (χ0) is 24.5. The summed E-state index contributed by atoms with van der Waals surface area (Å²) in [6.07, 6.45) is 2.65. The molecule has 1 fully saturated rings. The van der Waals surface area contributed by atoms with E-state index in [1.807, 2.05) is 38.1 Å². The molecule has 3 aromatic heterocycles. The molecule has 1 aliphatic rings. The maximum Gasteiger partial charge on any atom is 0.276 e. The van der Waals surface area contributed by atoms with Gasteiger partial charge < -0.3 is 25.1 Å². The van der Waals surface area contributed by atoms with Gasteiger partial charge in [-0.3, -0.25) is 4.79 Å². The number of aliphatic hydroxyl groups excluding tert-OH is 1. The van der Waals surface area contributed by atoms with Gasteiger partial charge >= 0.3 is 0 Å². The Morgan fingerprint density at radius 2 is 2.09 bits per heavy atom. The Hall–Kier alpha value is -3.57. The molecular formula is C24H27N7O3S. The normalized spacial score (nSPS) is 16.1. The van der Waals surface area contributed by atoms with Crippen molar-refractivity contribution in [1.82, 2.24) is 23.6 Å². The third-order valence-corrected chi connectivity index (χ3v) is 6.34. The van der Waals surface area contributed by atoms with Crippen LogP contribution in [0.3, 0.4) is 0 Å². The molecule has 11 heteroatoms. The van der Waals surface area contributed by atoms with Crippen LogP contribution < -0.4 is 10.6 Å². The molecule has 1 saturated heterocycles. The molecule has 0 spiro atoms. The number of likely N-dealkylation sites (tertiary alicyclic amines) is 1. The molecule has 5 rings (SSSR count). The number of aryl methyl sites for hydroxylation is 1. The van der Waals surface area contributed by atoms with Crippen LogP contribution in [0.1, 0.15) is 42.9 Å². The van der Waals surface area contributed by atoms with Crippen molar-refractivity contribution in [3.05, 3.63) is 41.9 Å².